The van der Waals surface area contributed by atoms with Crippen molar-refractivity contribution < 1.29 is 28.2 Å². The van der Waals surface area contributed by atoms with Gasteiger partial charge in [0.2, 0.25) is 11.8 Å². The van der Waals surface area contributed by atoms with Gasteiger partial charge in [-0.1, -0.05) is 6.07 Å². The molecule has 188 valence electrons. The van der Waals surface area contributed by atoms with E-state index in [-0.39, 0.29) is 30.7 Å². The molecule has 4 aliphatic rings. The first kappa shape index (κ1) is 23.0. The lowest BCUT2D eigenvalue weighted by Crippen LogP contribution is -2.52. The zero-order valence-electron chi connectivity index (χ0n) is 19.9. The topological polar surface area (TPSA) is 88.2 Å². The van der Waals surface area contributed by atoms with Crippen LogP contribution in [0.3, 0.4) is 0 Å². The fourth-order valence-electron chi connectivity index (χ4n) is 5.86. The summed E-state index contributed by atoms with van der Waals surface area (Å²) in [6.45, 7) is 3.91. The van der Waals surface area contributed by atoms with Crippen molar-refractivity contribution in [1.82, 2.24) is 15.1 Å². The molecule has 0 radical (unpaired) electrons. The van der Waals surface area contributed by atoms with Crippen LogP contribution in [0.25, 0.3) is 0 Å². The summed E-state index contributed by atoms with van der Waals surface area (Å²) in [6, 6.07) is 8.19. The van der Waals surface area contributed by atoms with Crippen molar-refractivity contribution in [3.05, 3.63) is 58.4 Å². The molecule has 2 saturated heterocycles. The average molecular weight is 494 g/mol. The van der Waals surface area contributed by atoms with Gasteiger partial charge in [0.15, 0.2) is 11.5 Å². The number of halogens is 1. The molecule has 1 atom stereocenters. The Hall–Kier alpha value is -3.46. The molecule has 2 fully saturated rings. The largest absolute Gasteiger partial charge is 0.486 e. The van der Waals surface area contributed by atoms with Gasteiger partial charge in [0.1, 0.15) is 25.1 Å². The predicted octanol–water partition coefficient (Wildman–Crippen LogP) is 2.74. The highest BCUT2D eigenvalue weighted by Crippen LogP contribution is 2.38. The average Bonchev–Trinajstić information content (AvgIpc) is 3.20. The summed E-state index contributed by atoms with van der Waals surface area (Å²) < 4.78 is 25.9. The van der Waals surface area contributed by atoms with Crippen molar-refractivity contribution in [1.29, 1.82) is 0 Å². The van der Waals surface area contributed by atoms with Gasteiger partial charge in [-0.25, -0.2) is 4.39 Å². The summed E-state index contributed by atoms with van der Waals surface area (Å²) in [5.74, 6) is 0.161. The monoisotopic (exact) mass is 493 g/mol. The van der Waals surface area contributed by atoms with Crippen LogP contribution in [0.1, 0.15) is 58.6 Å². The third-order valence-corrected chi connectivity index (χ3v) is 7.70. The van der Waals surface area contributed by atoms with E-state index in [9.17, 15) is 18.8 Å². The zero-order valence-corrected chi connectivity index (χ0v) is 19.9. The predicted molar refractivity (Wildman–Crippen MR) is 127 cm³/mol. The van der Waals surface area contributed by atoms with E-state index in [1.165, 1.54) is 11.0 Å². The Kier molecular flexibility index (Phi) is 5.87. The van der Waals surface area contributed by atoms with Crippen molar-refractivity contribution in [2.45, 2.75) is 50.7 Å². The number of fused-ring (bicyclic) bond motifs is 2. The molecule has 0 aromatic heterocycles. The summed E-state index contributed by atoms with van der Waals surface area (Å²) in [6.07, 6.45) is 2.19. The van der Waals surface area contributed by atoms with Crippen molar-refractivity contribution >= 4 is 17.7 Å². The lowest BCUT2D eigenvalue weighted by molar-refractivity contribution is -0.136. The molecule has 6 rings (SSSR count). The fraction of sp³-hybridized carbons (Fsp3) is 0.444. The van der Waals surface area contributed by atoms with Gasteiger partial charge < -0.3 is 14.4 Å². The number of piperidine rings is 2. The molecule has 0 aliphatic carbocycles. The number of carbonyl (C=O) groups excluding carboxylic acids is 3. The number of nitrogens with one attached hydrogen (secondary N) is 1. The minimum absolute atomic E-state index is 0.139. The minimum atomic E-state index is -0.702. The van der Waals surface area contributed by atoms with E-state index in [1.54, 1.807) is 6.07 Å². The standard InChI is InChI=1S/C27H28FN3O5/c28-18-12-19(21-15-31(27(34)20(21)13-18)22-2-4-25(32)29-26(22)33)17-5-7-30(8-6-17)14-16-1-3-23-24(11-16)36-10-9-35-23/h1,3,11-13,17,22H,2,4-10,14-15H2,(H,29,32,33). The van der Waals surface area contributed by atoms with E-state index >= 15 is 0 Å². The summed E-state index contributed by atoms with van der Waals surface area (Å²) in [4.78, 5) is 40.9. The maximum atomic E-state index is 14.6. The quantitative estimate of drug-likeness (QED) is 0.659. The first-order valence-electron chi connectivity index (χ1n) is 12.5. The lowest BCUT2D eigenvalue weighted by Gasteiger charge is -2.33. The number of carbonyl (C=O) groups is 3. The van der Waals surface area contributed by atoms with Crippen LogP contribution in [0.4, 0.5) is 4.39 Å². The summed E-state index contributed by atoms with van der Waals surface area (Å²) in [5, 5.41) is 2.32. The fourth-order valence-corrected chi connectivity index (χ4v) is 5.86. The smallest absolute Gasteiger partial charge is 0.255 e. The molecule has 3 amide bonds. The normalized spacial score (nSPS) is 22.5. The molecular formula is C27H28FN3O5. The maximum Gasteiger partial charge on any atom is 0.255 e. The van der Waals surface area contributed by atoms with Crippen LogP contribution in [-0.2, 0) is 22.7 Å². The molecule has 0 bridgehead atoms. The maximum absolute atomic E-state index is 14.6. The van der Waals surface area contributed by atoms with E-state index in [0.29, 0.717) is 25.2 Å². The Morgan fingerprint density at radius 1 is 0.972 bits per heavy atom. The Morgan fingerprint density at radius 3 is 2.53 bits per heavy atom. The summed E-state index contributed by atoms with van der Waals surface area (Å²) >= 11 is 0. The van der Waals surface area contributed by atoms with Crippen molar-refractivity contribution in [3.8, 4) is 11.5 Å². The zero-order chi connectivity index (χ0) is 24.8. The van der Waals surface area contributed by atoms with Crippen molar-refractivity contribution in [2.75, 3.05) is 26.3 Å². The molecule has 8 nitrogen and oxygen atoms in total. The van der Waals surface area contributed by atoms with E-state index in [4.69, 9.17) is 9.47 Å². The number of nitrogens with zero attached hydrogens (tertiary/aromatic N) is 2. The Morgan fingerprint density at radius 2 is 1.75 bits per heavy atom. The van der Waals surface area contributed by atoms with Crippen LogP contribution in [0.15, 0.2) is 30.3 Å². The first-order valence-corrected chi connectivity index (χ1v) is 12.5. The SMILES string of the molecule is O=C1CCC(N2Cc3c(cc(F)cc3C3CCN(Cc4ccc5c(c4)OCCO5)CC3)C2=O)C(=O)N1. The van der Waals surface area contributed by atoms with E-state index in [1.807, 2.05) is 12.1 Å². The Balaban J connectivity index is 1.15. The molecule has 1 unspecified atom stereocenters. The highest BCUT2D eigenvalue weighted by atomic mass is 19.1. The Bertz CT molecular complexity index is 1240. The number of imide groups is 1. The molecule has 1 N–H and O–H groups in total. The van der Waals surface area contributed by atoms with Gasteiger partial charge in [0, 0.05) is 25.1 Å². The van der Waals surface area contributed by atoms with Gasteiger partial charge in [-0.15, -0.1) is 0 Å². The highest BCUT2D eigenvalue weighted by Gasteiger charge is 2.41. The second-order valence-electron chi connectivity index (χ2n) is 9.95. The molecule has 2 aromatic rings. The molecule has 9 heteroatoms. The molecule has 36 heavy (non-hydrogen) atoms. The van der Waals surface area contributed by atoms with Crippen LogP contribution in [0.2, 0.25) is 0 Å². The second-order valence-corrected chi connectivity index (χ2v) is 9.95. The minimum Gasteiger partial charge on any atom is -0.486 e. The molecule has 2 aromatic carbocycles. The number of ether oxygens (including phenoxy) is 2. The second kappa shape index (κ2) is 9.20. The van der Waals surface area contributed by atoms with E-state index in [0.717, 1.165) is 60.7 Å². The van der Waals surface area contributed by atoms with Crippen LogP contribution in [0, 0.1) is 5.82 Å². The van der Waals surface area contributed by atoms with Gasteiger partial charge in [0.05, 0.1) is 0 Å². The number of hydrogen-bond acceptors (Lipinski definition) is 6. The summed E-state index contributed by atoms with van der Waals surface area (Å²) in [5.41, 5.74) is 3.19. The van der Waals surface area contributed by atoms with Crippen LogP contribution >= 0.6 is 0 Å². The highest BCUT2D eigenvalue weighted by molar-refractivity contribution is 6.05. The van der Waals surface area contributed by atoms with E-state index < -0.39 is 17.8 Å². The molecule has 0 saturated carbocycles. The number of hydrogen-bond donors (Lipinski definition) is 1. The van der Waals surface area contributed by atoms with Crippen LogP contribution in [-0.4, -0.2) is 59.9 Å². The van der Waals surface area contributed by atoms with E-state index in [2.05, 4.69) is 16.3 Å². The van der Waals surface area contributed by atoms with Gasteiger partial charge >= 0.3 is 0 Å². The van der Waals surface area contributed by atoms with Gasteiger partial charge in [0.25, 0.3) is 5.91 Å². The molecule has 4 heterocycles. The lowest BCUT2D eigenvalue weighted by atomic mass is 9.85. The number of likely N-dealkylation sites (tertiary alicyclic amines) is 1. The van der Waals surface area contributed by atoms with Crippen LogP contribution in [0.5, 0.6) is 11.5 Å². The number of amides is 3. The molecule has 0 spiro atoms. The molecule has 4 aliphatic heterocycles. The third-order valence-electron chi connectivity index (χ3n) is 7.70. The number of benzene rings is 2. The third kappa shape index (κ3) is 4.21. The first-order chi connectivity index (χ1) is 17.5. The van der Waals surface area contributed by atoms with Crippen molar-refractivity contribution in [2.24, 2.45) is 0 Å². The van der Waals surface area contributed by atoms with Gasteiger partial charge in [-0.3, -0.25) is 24.6 Å². The van der Waals surface area contributed by atoms with Gasteiger partial charge in [-0.05, 0) is 79.2 Å². The van der Waals surface area contributed by atoms with Gasteiger partial charge in [-0.2, -0.15) is 0 Å². The summed E-state index contributed by atoms with van der Waals surface area (Å²) in [7, 11) is 0. The number of rotatable bonds is 4. The molecular weight excluding hydrogens is 465 g/mol. The van der Waals surface area contributed by atoms with Crippen LogP contribution < -0.4 is 14.8 Å². The Labute approximate surface area is 208 Å². The van der Waals surface area contributed by atoms with Crippen molar-refractivity contribution in [3.63, 3.8) is 0 Å².